The summed E-state index contributed by atoms with van der Waals surface area (Å²) in [7, 11) is 5.99. The Labute approximate surface area is 147 Å². The first-order valence-corrected chi connectivity index (χ1v) is 8.16. The Morgan fingerprint density at radius 3 is 2.19 bits per heavy atom. The smallest absolute Gasteiger partial charge is 0.293 e. The van der Waals surface area contributed by atoms with Gasteiger partial charge >= 0.3 is 0 Å². The molecule has 1 aromatic rings. The zero-order valence-electron chi connectivity index (χ0n) is 11.6. The van der Waals surface area contributed by atoms with Crippen LogP contribution in [-0.2, 0) is 19.6 Å². The van der Waals surface area contributed by atoms with Crippen LogP contribution in [0.3, 0.4) is 0 Å². The molecule has 0 saturated carbocycles. The van der Waals surface area contributed by atoms with Crippen LogP contribution in [-0.4, -0.2) is 38.0 Å². The third-order valence-electron chi connectivity index (χ3n) is 2.35. The van der Waals surface area contributed by atoms with Crippen LogP contribution in [0.1, 0.15) is 31.9 Å². The number of hydrogen-bond acceptors (Lipinski definition) is 5. The summed E-state index contributed by atoms with van der Waals surface area (Å²) < 4.78 is 17.7. The molecule has 5 nitrogen and oxygen atoms in total. The van der Waals surface area contributed by atoms with Crippen molar-refractivity contribution in [3.8, 4) is 0 Å². The third-order valence-corrected chi connectivity index (χ3v) is 4.44. The SMILES string of the molecule is CC(C)(C)OC(O[Si])(O[Si])c1ccc(Br)c(/C=N/O)c1Br. The minimum Gasteiger partial charge on any atom is -0.411 e. The lowest BCUT2D eigenvalue weighted by Crippen LogP contribution is -2.42. The van der Waals surface area contributed by atoms with E-state index in [-0.39, 0.29) is 0 Å². The van der Waals surface area contributed by atoms with E-state index >= 15 is 0 Å². The van der Waals surface area contributed by atoms with Gasteiger partial charge in [-0.3, -0.25) is 0 Å². The maximum absolute atomic E-state index is 8.78. The Balaban J connectivity index is 3.49. The van der Waals surface area contributed by atoms with Gasteiger partial charge in [0, 0.05) is 14.5 Å². The molecule has 1 N–H and O–H groups in total. The fourth-order valence-corrected chi connectivity index (χ4v) is 3.47. The van der Waals surface area contributed by atoms with E-state index in [9.17, 15) is 0 Å². The lowest BCUT2D eigenvalue weighted by Gasteiger charge is -2.38. The summed E-state index contributed by atoms with van der Waals surface area (Å²) in [5, 5.41) is 11.8. The van der Waals surface area contributed by atoms with Gasteiger partial charge < -0.3 is 18.8 Å². The van der Waals surface area contributed by atoms with Crippen LogP contribution in [0.2, 0.25) is 0 Å². The highest BCUT2D eigenvalue weighted by molar-refractivity contribution is 9.11. The highest BCUT2D eigenvalue weighted by Gasteiger charge is 2.39. The second kappa shape index (κ2) is 7.49. The molecule has 1 aromatic carbocycles. The third kappa shape index (κ3) is 4.47. The average molecular weight is 451 g/mol. The quantitative estimate of drug-likeness (QED) is 0.246. The molecule has 0 atom stereocenters. The summed E-state index contributed by atoms with van der Waals surface area (Å²) in [5.41, 5.74) is 0.571. The number of halogens is 2. The first-order chi connectivity index (χ1) is 9.70. The van der Waals surface area contributed by atoms with E-state index < -0.39 is 11.6 Å². The molecule has 0 bridgehead atoms. The average Bonchev–Trinajstić information content (AvgIpc) is 2.40. The molecular formula is C12H13Br2NO4Si2. The fourth-order valence-electron chi connectivity index (χ4n) is 1.61. The maximum atomic E-state index is 8.78. The van der Waals surface area contributed by atoms with Gasteiger partial charge in [-0.1, -0.05) is 21.1 Å². The fraction of sp³-hybridized carbons (Fsp3) is 0.417. The molecule has 0 fully saturated rings. The van der Waals surface area contributed by atoms with Gasteiger partial charge in [-0.2, -0.15) is 0 Å². The van der Waals surface area contributed by atoms with Crippen molar-refractivity contribution in [2.45, 2.75) is 32.3 Å². The number of oxime groups is 1. The van der Waals surface area contributed by atoms with Gasteiger partial charge in [0.25, 0.3) is 26.9 Å². The van der Waals surface area contributed by atoms with Crippen molar-refractivity contribution in [1.82, 2.24) is 0 Å². The monoisotopic (exact) mass is 449 g/mol. The largest absolute Gasteiger partial charge is 0.411 e. The van der Waals surface area contributed by atoms with E-state index in [4.69, 9.17) is 18.8 Å². The molecule has 1 rings (SSSR count). The zero-order chi connectivity index (χ0) is 16.3. The molecule has 0 aromatic heterocycles. The minimum absolute atomic E-state index is 0.528. The van der Waals surface area contributed by atoms with Crippen molar-refractivity contribution >= 4 is 59.0 Å². The van der Waals surface area contributed by atoms with E-state index in [1.807, 2.05) is 20.8 Å². The van der Waals surface area contributed by atoms with Crippen molar-refractivity contribution in [3.63, 3.8) is 0 Å². The Kier molecular flexibility index (Phi) is 6.78. The van der Waals surface area contributed by atoms with E-state index in [2.05, 4.69) is 58.0 Å². The molecule has 6 radical (unpaired) electrons. The highest BCUT2D eigenvalue weighted by atomic mass is 79.9. The molecule has 0 heterocycles. The summed E-state index contributed by atoms with van der Waals surface area (Å²) in [4.78, 5) is 0. The number of ether oxygens (including phenoxy) is 1. The Hall–Kier alpha value is -0.0362. The summed E-state index contributed by atoms with van der Waals surface area (Å²) in [6, 6.07) is 3.50. The lowest BCUT2D eigenvalue weighted by atomic mass is 10.1. The van der Waals surface area contributed by atoms with Gasteiger partial charge in [0.05, 0.1) is 17.4 Å². The van der Waals surface area contributed by atoms with Crippen molar-refractivity contribution in [1.29, 1.82) is 0 Å². The lowest BCUT2D eigenvalue weighted by molar-refractivity contribution is -0.348. The molecule has 0 amide bonds. The Morgan fingerprint density at radius 1 is 1.19 bits per heavy atom. The van der Waals surface area contributed by atoms with Crippen molar-refractivity contribution in [3.05, 3.63) is 32.2 Å². The summed E-state index contributed by atoms with van der Waals surface area (Å²) in [5.74, 6) is -1.55. The standard InChI is InChI=1S/C12H13Br2NO4Si2/c1-11(2,3)17-12(18-20,19-21)8-4-5-9(13)7(6-15-16)10(8)14/h4-6,16H,1-3H3/b15-6+. The van der Waals surface area contributed by atoms with E-state index in [1.165, 1.54) is 6.21 Å². The molecule has 0 aliphatic heterocycles. The first kappa shape index (κ1) is 19.0. The van der Waals surface area contributed by atoms with Crippen LogP contribution in [0, 0.1) is 0 Å². The van der Waals surface area contributed by atoms with E-state index in [0.29, 0.717) is 15.6 Å². The molecule has 0 aliphatic rings. The molecule has 21 heavy (non-hydrogen) atoms. The Bertz CT molecular complexity index is 531. The number of benzene rings is 1. The number of nitrogens with zero attached hydrogens (tertiary/aromatic N) is 1. The molecule has 9 heteroatoms. The number of hydrogen-bond donors (Lipinski definition) is 1. The van der Waals surface area contributed by atoms with E-state index in [1.54, 1.807) is 12.1 Å². The molecule has 0 spiro atoms. The predicted octanol–water partition coefficient (Wildman–Crippen LogP) is 3.15. The molecular weight excluding hydrogens is 438 g/mol. The van der Waals surface area contributed by atoms with Crippen molar-refractivity contribution in [2.24, 2.45) is 5.16 Å². The number of rotatable bonds is 5. The van der Waals surface area contributed by atoms with E-state index in [0.717, 1.165) is 4.47 Å². The normalized spacial score (nSPS) is 13.1. The van der Waals surface area contributed by atoms with Gasteiger partial charge in [0.2, 0.25) is 0 Å². The van der Waals surface area contributed by atoms with Crippen LogP contribution in [0.25, 0.3) is 0 Å². The van der Waals surface area contributed by atoms with Crippen LogP contribution >= 0.6 is 31.9 Å². The van der Waals surface area contributed by atoms with Gasteiger partial charge in [-0.05, 0) is 48.8 Å². The van der Waals surface area contributed by atoms with Gasteiger partial charge in [-0.25, -0.2) is 0 Å². The summed E-state index contributed by atoms with van der Waals surface area (Å²) in [6.45, 7) is 5.59. The zero-order valence-corrected chi connectivity index (χ0v) is 16.8. The van der Waals surface area contributed by atoms with Crippen molar-refractivity contribution in [2.75, 3.05) is 0 Å². The summed E-state index contributed by atoms with van der Waals surface area (Å²) in [6.07, 6.45) is 1.28. The molecule has 0 unspecified atom stereocenters. The molecule has 0 aliphatic carbocycles. The minimum atomic E-state index is -1.55. The maximum Gasteiger partial charge on any atom is 0.293 e. The van der Waals surface area contributed by atoms with Crippen LogP contribution in [0.5, 0.6) is 0 Å². The van der Waals surface area contributed by atoms with Crippen LogP contribution in [0.15, 0.2) is 26.2 Å². The summed E-state index contributed by atoms with van der Waals surface area (Å²) >= 11 is 6.82. The second-order valence-corrected chi connectivity index (χ2v) is 7.10. The van der Waals surface area contributed by atoms with Gasteiger partial charge in [-0.15, -0.1) is 0 Å². The van der Waals surface area contributed by atoms with Gasteiger partial charge in [0.1, 0.15) is 0 Å². The van der Waals surface area contributed by atoms with Crippen LogP contribution < -0.4 is 0 Å². The predicted molar refractivity (Wildman–Crippen MR) is 87.4 cm³/mol. The molecule has 112 valence electrons. The van der Waals surface area contributed by atoms with Gasteiger partial charge in [0.15, 0.2) is 0 Å². The topological polar surface area (TPSA) is 60.3 Å². The van der Waals surface area contributed by atoms with Crippen molar-refractivity contribution < 1.29 is 18.8 Å². The second-order valence-electron chi connectivity index (χ2n) is 5.04. The highest BCUT2D eigenvalue weighted by Crippen LogP contribution is 2.39. The Morgan fingerprint density at radius 2 is 1.76 bits per heavy atom. The van der Waals surface area contributed by atoms with Crippen LogP contribution in [0.4, 0.5) is 0 Å². The molecule has 0 saturated heterocycles. The first-order valence-electron chi connectivity index (χ1n) is 5.76.